The predicted octanol–water partition coefficient (Wildman–Crippen LogP) is 0.976. The van der Waals surface area contributed by atoms with Crippen molar-refractivity contribution in [3.8, 4) is 0 Å². The molecule has 0 amide bonds. The third-order valence-electron chi connectivity index (χ3n) is 1.97. The second kappa shape index (κ2) is 4.34. The molecule has 64 valence electrons. The summed E-state index contributed by atoms with van der Waals surface area (Å²) in [6.07, 6.45) is 3.18. The van der Waals surface area contributed by atoms with Gasteiger partial charge in [0.05, 0.1) is 12.5 Å². The van der Waals surface area contributed by atoms with E-state index in [9.17, 15) is 4.79 Å². The first-order valence-electron chi connectivity index (χ1n) is 4.00. The normalized spacial score (nSPS) is 17.5. The van der Waals surface area contributed by atoms with Gasteiger partial charge in [0.15, 0.2) is 0 Å². The van der Waals surface area contributed by atoms with E-state index in [4.69, 9.17) is 9.47 Å². The summed E-state index contributed by atoms with van der Waals surface area (Å²) < 4.78 is 9.67. The lowest BCUT2D eigenvalue weighted by molar-refractivity contribution is -0.152. The zero-order valence-corrected chi connectivity index (χ0v) is 6.84. The Morgan fingerprint density at radius 1 is 1.45 bits per heavy atom. The van der Waals surface area contributed by atoms with Crippen LogP contribution in [0.4, 0.5) is 0 Å². The first-order valence-corrected chi connectivity index (χ1v) is 4.00. The van der Waals surface area contributed by atoms with Crippen LogP contribution in [-0.2, 0) is 14.3 Å². The van der Waals surface area contributed by atoms with E-state index < -0.39 is 0 Å². The largest absolute Gasteiger partial charge is 0.463 e. The van der Waals surface area contributed by atoms with Gasteiger partial charge in [-0.15, -0.1) is 0 Å². The average molecular weight is 158 g/mol. The minimum Gasteiger partial charge on any atom is -0.463 e. The van der Waals surface area contributed by atoms with Crippen molar-refractivity contribution < 1.29 is 14.3 Å². The van der Waals surface area contributed by atoms with Gasteiger partial charge in [-0.05, 0) is 12.8 Å². The van der Waals surface area contributed by atoms with Crippen LogP contribution in [0.15, 0.2) is 0 Å². The topological polar surface area (TPSA) is 35.5 Å². The molecule has 0 heterocycles. The number of hydrogen-bond acceptors (Lipinski definition) is 3. The average Bonchev–Trinajstić information content (AvgIpc) is 1.84. The van der Waals surface area contributed by atoms with Crippen molar-refractivity contribution in [2.24, 2.45) is 5.92 Å². The molecule has 0 aromatic carbocycles. The lowest BCUT2D eigenvalue weighted by Gasteiger charge is -2.22. The fourth-order valence-electron chi connectivity index (χ4n) is 0.987. The first kappa shape index (κ1) is 8.53. The van der Waals surface area contributed by atoms with Gasteiger partial charge in [-0.1, -0.05) is 6.42 Å². The molecule has 0 aliphatic heterocycles. The number of hydrogen-bond donors (Lipinski definition) is 0. The molecule has 1 aliphatic rings. The van der Waals surface area contributed by atoms with E-state index in [-0.39, 0.29) is 11.9 Å². The number of esters is 1. The Morgan fingerprint density at radius 2 is 2.18 bits per heavy atom. The summed E-state index contributed by atoms with van der Waals surface area (Å²) in [6, 6.07) is 0. The number of carbonyl (C=O) groups is 1. The minimum absolute atomic E-state index is 0.0479. The summed E-state index contributed by atoms with van der Waals surface area (Å²) in [5, 5.41) is 0. The number of methoxy groups -OCH3 is 1. The Morgan fingerprint density at radius 3 is 2.64 bits per heavy atom. The highest BCUT2D eigenvalue weighted by molar-refractivity contribution is 5.73. The van der Waals surface area contributed by atoms with Crippen molar-refractivity contribution in [3.05, 3.63) is 0 Å². The van der Waals surface area contributed by atoms with Crippen molar-refractivity contribution in [3.63, 3.8) is 0 Å². The van der Waals surface area contributed by atoms with Crippen molar-refractivity contribution in [2.45, 2.75) is 19.3 Å². The lowest BCUT2D eigenvalue weighted by Crippen LogP contribution is -2.25. The van der Waals surface area contributed by atoms with E-state index in [0.29, 0.717) is 13.2 Å². The van der Waals surface area contributed by atoms with Gasteiger partial charge in [0.2, 0.25) is 0 Å². The van der Waals surface area contributed by atoms with Crippen LogP contribution in [-0.4, -0.2) is 26.3 Å². The van der Waals surface area contributed by atoms with E-state index in [1.165, 1.54) is 6.42 Å². The predicted molar refractivity (Wildman–Crippen MR) is 40.2 cm³/mol. The molecule has 0 aromatic rings. The minimum atomic E-state index is -0.0479. The van der Waals surface area contributed by atoms with E-state index >= 15 is 0 Å². The van der Waals surface area contributed by atoms with Gasteiger partial charge in [-0.3, -0.25) is 4.79 Å². The summed E-state index contributed by atoms with van der Waals surface area (Å²) in [5.74, 6) is 0.139. The molecule has 0 N–H and O–H groups in total. The summed E-state index contributed by atoms with van der Waals surface area (Å²) in [6.45, 7) is 0.893. The molecule has 0 saturated heterocycles. The van der Waals surface area contributed by atoms with Gasteiger partial charge < -0.3 is 9.47 Å². The Hall–Kier alpha value is -0.570. The quantitative estimate of drug-likeness (QED) is 0.452. The van der Waals surface area contributed by atoms with Crippen molar-refractivity contribution in [1.82, 2.24) is 0 Å². The summed E-state index contributed by atoms with van der Waals surface area (Å²) >= 11 is 0. The molecule has 3 heteroatoms. The maximum atomic E-state index is 11.0. The molecule has 1 saturated carbocycles. The molecule has 0 bridgehead atoms. The molecular weight excluding hydrogens is 144 g/mol. The third-order valence-corrected chi connectivity index (χ3v) is 1.97. The van der Waals surface area contributed by atoms with E-state index in [0.717, 1.165) is 12.8 Å². The van der Waals surface area contributed by atoms with Crippen LogP contribution in [0.3, 0.4) is 0 Å². The zero-order valence-electron chi connectivity index (χ0n) is 6.84. The molecule has 0 aromatic heterocycles. The standard InChI is InChI=1S/C8H14O3/c1-10-5-6-11-8(9)7-3-2-4-7/h7H,2-6H2,1H3. The fourth-order valence-corrected chi connectivity index (χ4v) is 0.987. The molecule has 1 fully saturated rings. The van der Waals surface area contributed by atoms with Gasteiger partial charge in [-0.25, -0.2) is 0 Å². The van der Waals surface area contributed by atoms with Gasteiger partial charge in [0, 0.05) is 7.11 Å². The summed E-state index contributed by atoms with van der Waals surface area (Å²) in [5.41, 5.74) is 0. The maximum Gasteiger partial charge on any atom is 0.309 e. The molecule has 0 spiro atoms. The molecule has 1 rings (SSSR count). The molecular formula is C8H14O3. The maximum absolute atomic E-state index is 11.0. The highest BCUT2D eigenvalue weighted by Crippen LogP contribution is 2.27. The Bertz CT molecular complexity index is 129. The monoisotopic (exact) mass is 158 g/mol. The SMILES string of the molecule is COCCOC(=O)C1CCC1. The Labute approximate surface area is 66.7 Å². The highest BCUT2D eigenvalue weighted by Gasteiger charge is 2.26. The van der Waals surface area contributed by atoms with Crippen molar-refractivity contribution in [1.29, 1.82) is 0 Å². The van der Waals surface area contributed by atoms with Crippen LogP contribution in [0.25, 0.3) is 0 Å². The van der Waals surface area contributed by atoms with Gasteiger partial charge in [-0.2, -0.15) is 0 Å². The Kier molecular flexibility index (Phi) is 3.36. The second-order valence-corrected chi connectivity index (χ2v) is 2.79. The van der Waals surface area contributed by atoms with Gasteiger partial charge in [0.1, 0.15) is 6.61 Å². The number of carbonyl (C=O) groups excluding carboxylic acids is 1. The zero-order chi connectivity index (χ0) is 8.10. The molecule has 0 atom stereocenters. The molecule has 0 radical (unpaired) electrons. The molecule has 11 heavy (non-hydrogen) atoms. The van der Waals surface area contributed by atoms with Crippen LogP contribution in [0, 0.1) is 5.92 Å². The fraction of sp³-hybridized carbons (Fsp3) is 0.875. The third kappa shape index (κ3) is 2.50. The summed E-state index contributed by atoms with van der Waals surface area (Å²) in [4.78, 5) is 11.0. The van der Waals surface area contributed by atoms with Gasteiger partial charge >= 0.3 is 5.97 Å². The van der Waals surface area contributed by atoms with Crippen molar-refractivity contribution >= 4 is 5.97 Å². The van der Waals surface area contributed by atoms with Crippen LogP contribution in [0.2, 0.25) is 0 Å². The van der Waals surface area contributed by atoms with Crippen LogP contribution in [0.5, 0.6) is 0 Å². The van der Waals surface area contributed by atoms with Crippen LogP contribution < -0.4 is 0 Å². The smallest absolute Gasteiger partial charge is 0.309 e. The molecule has 3 nitrogen and oxygen atoms in total. The van der Waals surface area contributed by atoms with E-state index in [2.05, 4.69) is 0 Å². The van der Waals surface area contributed by atoms with Crippen LogP contribution in [0.1, 0.15) is 19.3 Å². The Balaban J connectivity index is 2.01. The van der Waals surface area contributed by atoms with E-state index in [1.54, 1.807) is 7.11 Å². The lowest BCUT2D eigenvalue weighted by atomic mass is 9.86. The van der Waals surface area contributed by atoms with Gasteiger partial charge in [0.25, 0.3) is 0 Å². The number of rotatable bonds is 4. The molecule has 1 aliphatic carbocycles. The second-order valence-electron chi connectivity index (χ2n) is 2.79. The molecule has 0 unspecified atom stereocenters. The van der Waals surface area contributed by atoms with Crippen molar-refractivity contribution in [2.75, 3.05) is 20.3 Å². The summed E-state index contributed by atoms with van der Waals surface area (Å²) in [7, 11) is 1.59. The first-order chi connectivity index (χ1) is 5.34. The highest BCUT2D eigenvalue weighted by atomic mass is 16.6. The van der Waals surface area contributed by atoms with E-state index in [1.807, 2.05) is 0 Å². The van der Waals surface area contributed by atoms with Crippen LogP contribution >= 0.6 is 0 Å². The number of ether oxygens (including phenoxy) is 2.